The van der Waals surface area contributed by atoms with Crippen molar-refractivity contribution in [2.45, 2.75) is 6.61 Å². The monoisotopic (exact) mass is 252 g/mol. The van der Waals surface area contributed by atoms with Gasteiger partial charge in [0.2, 0.25) is 0 Å². The van der Waals surface area contributed by atoms with Gasteiger partial charge in [0.15, 0.2) is 0 Å². The Hall–Kier alpha value is -0.880. The van der Waals surface area contributed by atoms with Gasteiger partial charge in [0.25, 0.3) is 0 Å². The Balaban J connectivity index is 2.85. The molecular formula is C7H7BrF2N2O. The quantitative estimate of drug-likeness (QED) is 0.642. The minimum absolute atomic E-state index is 0.0778. The molecule has 0 amide bonds. The van der Waals surface area contributed by atoms with Crippen LogP contribution in [-0.4, -0.2) is 6.61 Å². The number of alkyl halides is 2. The van der Waals surface area contributed by atoms with Crippen LogP contribution >= 0.6 is 15.9 Å². The molecule has 0 saturated heterocycles. The van der Waals surface area contributed by atoms with Crippen molar-refractivity contribution in [3.05, 3.63) is 22.7 Å². The maximum absolute atomic E-state index is 11.8. The van der Waals surface area contributed by atoms with Gasteiger partial charge in [-0.25, -0.2) is 0 Å². The van der Waals surface area contributed by atoms with E-state index in [9.17, 15) is 8.78 Å². The van der Waals surface area contributed by atoms with Crippen molar-refractivity contribution in [2.24, 2.45) is 5.84 Å². The van der Waals surface area contributed by atoms with Crippen LogP contribution in [0, 0.1) is 0 Å². The van der Waals surface area contributed by atoms with Gasteiger partial charge in [0, 0.05) is 5.69 Å². The molecule has 3 nitrogen and oxygen atoms in total. The second-order valence-corrected chi connectivity index (χ2v) is 3.02. The van der Waals surface area contributed by atoms with Crippen molar-refractivity contribution in [3.63, 3.8) is 0 Å². The summed E-state index contributed by atoms with van der Waals surface area (Å²) in [5.74, 6) is 5.19. The van der Waals surface area contributed by atoms with Gasteiger partial charge in [-0.05, 0) is 34.1 Å². The molecule has 0 aliphatic carbocycles. The Morgan fingerprint density at radius 1 is 1.46 bits per heavy atom. The van der Waals surface area contributed by atoms with Gasteiger partial charge >= 0.3 is 6.61 Å². The molecule has 13 heavy (non-hydrogen) atoms. The third-order valence-electron chi connectivity index (χ3n) is 1.31. The van der Waals surface area contributed by atoms with E-state index in [0.717, 1.165) is 0 Å². The summed E-state index contributed by atoms with van der Waals surface area (Å²) in [6.07, 6.45) is 0. The number of halogens is 3. The van der Waals surface area contributed by atoms with Gasteiger partial charge < -0.3 is 10.2 Å². The minimum atomic E-state index is -2.83. The molecule has 1 aromatic carbocycles. The summed E-state index contributed by atoms with van der Waals surface area (Å²) in [4.78, 5) is 0. The van der Waals surface area contributed by atoms with Gasteiger partial charge in [0.1, 0.15) is 5.75 Å². The zero-order valence-corrected chi connectivity index (χ0v) is 8.01. The highest BCUT2D eigenvalue weighted by Crippen LogP contribution is 2.28. The molecule has 0 radical (unpaired) electrons. The molecule has 0 aromatic heterocycles. The number of nitrogens with two attached hydrogens (primary N) is 1. The topological polar surface area (TPSA) is 47.3 Å². The lowest BCUT2D eigenvalue weighted by Gasteiger charge is -2.07. The van der Waals surface area contributed by atoms with Crippen LogP contribution in [-0.2, 0) is 0 Å². The summed E-state index contributed by atoms with van der Waals surface area (Å²) >= 11 is 3.06. The second kappa shape index (κ2) is 4.38. The zero-order valence-electron chi connectivity index (χ0n) is 6.43. The van der Waals surface area contributed by atoms with E-state index in [1.807, 2.05) is 0 Å². The van der Waals surface area contributed by atoms with Crippen LogP contribution in [0.15, 0.2) is 22.7 Å². The molecule has 6 heteroatoms. The molecule has 0 bridgehead atoms. The molecular weight excluding hydrogens is 246 g/mol. The Kier molecular flexibility index (Phi) is 3.44. The smallest absolute Gasteiger partial charge is 0.387 e. The molecule has 0 unspecified atom stereocenters. The number of benzene rings is 1. The summed E-state index contributed by atoms with van der Waals surface area (Å²) in [5.41, 5.74) is 2.98. The van der Waals surface area contributed by atoms with Crippen molar-refractivity contribution in [1.82, 2.24) is 0 Å². The molecule has 0 aliphatic heterocycles. The fraction of sp³-hybridized carbons (Fsp3) is 0.143. The van der Waals surface area contributed by atoms with Gasteiger partial charge in [0.05, 0.1) is 4.47 Å². The lowest BCUT2D eigenvalue weighted by molar-refractivity contribution is -0.0503. The molecule has 1 rings (SSSR count). The average molecular weight is 253 g/mol. The Morgan fingerprint density at radius 2 is 2.15 bits per heavy atom. The fourth-order valence-electron chi connectivity index (χ4n) is 0.782. The summed E-state index contributed by atoms with van der Waals surface area (Å²) in [5, 5.41) is 0. The maximum Gasteiger partial charge on any atom is 0.387 e. The van der Waals surface area contributed by atoms with E-state index in [4.69, 9.17) is 5.84 Å². The van der Waals surface area contributed by atoms with Crippen molar-refractivity contribution >= 4 is 21.6 Å². The Labute approximate surface area is 82.0 Å². The molecule has 0 aliphatic rings. The van der Waals surface area contributed by atoms with Crippen LogP contribution in [0.25, 0.3) is 0 Å². The highest BCUT2D eigenvalue weighted by molar-refractivity contribution is 9.10. The molecule has 0 fully saturated rings. The molecule has 0 saturated carbocycles. The van der Waals surface area contributed by atoms with Crippen LogP contribution in [0.1, 0.15) is 0 Å². The average Bonchev–Trinajstić information content (AvgIpc) is 2.08. The molecule has 0 heterocycles. The highest BCUT2D eigenvalue weighted by Gasteiger charge is 2.07. The first-order valence-corrected chi connectivity index (χ1v) is 4.13. The van der Waals surface area contributed by atoms with Crippen molar-refractivity contribution < 1.29 is 13.5 Å². The van der Waals surface area contributed by atoms with Gasteiger partial charge in [-0.15, -0.1) is 0 Å². The number of nitrogen functional groups attached to an aromatic ring is 1. The highest BCUT2D eigenvalue weighted by atomic mass is 79.9. The summed E-state index contributed by atoms with van der Waals surface area (Å²) in [7, 11) is 0. The Bertz CT molecular complexity index is 296. The lowest BCUT2D eigenvalue weighted by atomic mass is 10.3. The number of nitrogens with one attached hydrogen (secondary N) is 1. The maximum atomic E-state index is 11.8. The predicted octanol–water partition coefficient (Wildman–Crippen LogP) is 2.34. The van der Waals surface area contributed by atoms with E-state index in [1.165, 1.54) is 18.2 Å². The molecule has 0 spiro atoms. The molecule has 1 aromatic rings. The minimum Gasteiger partial charge on any atom is -0.434 e. The van der Waals surface area contributed by atoms with E-state index < -0.39 is 6.61 Å². The molecule has 72 valence electrons. The lowest BCUT2D eigenvalue weighted by Crippen LogP contribution is -2.07. The van der Waals surface area contributed by atoms with Crippen LogP contribution < -0.4 is 16.0 Å². The number of hydrogen-bond donors (Lipinski definition) is 2. The number of ether oxygens (including phenoxy) is 1. The van der Waals surface area contributed by atoms with Gasteiger partial charge in [-0.1, -0.05) is 0 Å². The fourth-order valence-corrected chi connectivity index (χ4v) is 1.25. The number of hydrazine groups is 1. The van der Waals surface area contributed by atoms with E-state index >= 15 is 0 Å². The first-order chi connectivity index (χ1) is 6.13. The standard InChI is InChI=1S/C7H7BrF2N2O/c8-5-3-4(12-11)1-2-6(5)13-7(9)10/h1-3,7,12H,11H2. The third kappa shape index (κ3) is 2.82. The molecule has 0 atom stereocenters. The first-order valence-electron chi connectivity index (χ1n) is 3.34. The van der Waals surface area contributed by atoms with Crippen LogP contribution in [0.4, 0.5) is 14.5 Å². The normalized spacial score (nSPS) is 10.2. The van der Waals surface area contributed by atoms with Crippen LogP contribution in [0.5, 0.6) is 5.75 Å². The predicted molar refractivity (Wildman–Crippen MR) is 48.6 cm³/mol. The summed E-state index contributed by atoms with van der Waals surface area (Å²) in [6.45, 7) is -2.83. The first kappa shape index (κ1) is 10.2. The van der Waals surface area contributed by atoms with E-state index in [1.54, 1.807) is 0 Å². The van der Waals surface area contributed by atoms with Gasteiger partial charge in [-0.2, -0.15) is 8.78 Å². The van der Waals surface area contributed by atoms with Crippen molar-refractivity contribution in [1.29, 1.82) is 0 Å². The SMILES string of the molecule is NNc1ccc(OC(F)F)c(Br)c1. The van der Waals surface area contributed by atoms with Crippen molar-refractivity contribution in [2.75, 3.05) is 5.43 Å². The Morgan fingerprint density at radius 3 is 2.62 bits per heavy atom. The second-order valence-electron chi connectivity index (χ2n) is 2.17. The van der Waals surface area contributed by atoms with Gasteiger partial charge in [-0.3, -0.25) is 5.84 Å². The van der Waals surface area contributed by atoms with E-state index in [2.05, 4.69) is 26.1 Å². The number of hydrogen-bond acceptors (Lipinski definition) is 3. The third-order valence-corrected chi connectivity index (χ3v) is 1.93. The summed E-state index contributed by atoms with van der Waals surface area (Å²) < 4.78 is 28.2. The number of rotatable bonds is 3. The molecule has 3 N–H and O–H groups in total. The summed E-state index contributed by atoms with van der Waals surface area (Å²) in [6, 6.07) is 4.46. The zero-order chi connectivity index (χ0) is 9.84. The largest absolute Gasteiger partial charge is 0.434 e. The van der Waals surface area contributed by atoms with E-state index in [0.29, 0.717) is 10.2 Å². The number of anilines is 1. The van der Waals surface area contributed by atoms with Crippen molar-refractivity contribution in [3.8, 4) is 5.75 Å². The van der Waals surface area contributed by atoms with Crippen LogP contribution in [0.2, 0.25) is 0 Å². The van der Waals surface area contributed by atoms with Crippen LogP contribution in [0.3, 0.4) is 0 Å². The van der Waals surface area contributed by atoms with E-state index in [-0.39, 0.29) is 5.75 Å².